The Morgan fingerprint density at radius 3 is 2.53 bits per heavy atom. The lowest BCUT2D eigenvalue weighted by molar-refractivity contribution is -0.137. The summed E-state index contributed by atoms with van der Waals surface area (Å²) in [6.07, 6.45) is -4.50. The van der Waals surface area contributed by atoms with Crippen molar-refractivity contribution in [3.63, 3.8) is 0 Å². The fraction of sp³-hybridized carbons (Fsp3) is 0.286. The number of nitrogens with zero attached hydrogens (tertiary/aromatic N) is 2. The molecule has 0 bridgehead atoms. The molecule has 0 aliphatic carbocycles. The summed E-state index contributed by atoms with van der Waals surface area (Å²) >= 11 is 0. The second-order valence-electron chi connectivity index (χ2n) is 7.10. The van der Waals surface area contributed by atoms with Crippen molar-refractivity contribution in [2.45, 2.75) is 33.1 Å². The highest BCUT2D eigenvalue weighted by molar-refractivity contribution is 5.92. The third-order valence-electron chi connectivity index (χ3n) is 4.45. The lowest BCUT2D eigenvalue weighted by Gasteiger charge is -2.13. The van der Waals surface area contributed by atoms with Gasteiger partial charge in [0.2, 0.25) is 11.8 Å². The minimum absolute atomic E-state index is 0.0499. The highest BCUT2D eigenvalue weighted by atomic mass is 19.4. The number of nitrogens with one attached hydrogen (secondary N) is 2. The van der Waals surface area contributed by atoms with Gasteiger partial charge in [-0.25, -0.2) is 4.98 Å². The first-order valence-electron chi connectivity index (χ1n) is 9.34. The Morgan fingerprint density at radius 2 is 1.83 bits per heavy atom. The van der Waals surface area contributed by atoms with Gasteiger partial charge < -0.3 is 15.2 Å². The van der Waals surface area contributed by atoms with Crippen LogP contribution in [-0.4, -0.2) is 21.4 Å². The van der Waals surface area contributed by atoms with Crippen LogP contribution in [0.2, 0.25) is 0 Å². The van der Waals surface area contributed by atoms with Crippen molar-refractivity contribution in [3.05, 3.63) is 59.9 Å². The molecule has 0 aliphatic rings. The summed E-state index contributed by atoms with van der Waals surface area (Å²) in [5, 5.41) is 5.26. The number of carbonyl (C=O) groups is 2. The molecule has 0 unspecified atom stereocenters. The molecule has 2 aromatic carbocycles. The van der Waals surface area contributed by atoms with E-state index in [0.29, 0.717) is 16.9 Å². The molecule has 1 heterocycles. The van der Waals surface area contributed by atoms with Crippen LogP contribution in [0.4, 0.5) is 18.9 Å². The molecule has 0 spiro atoms. The molecule has 30 heavy (non-hydrogen) atoms. The summed E-state index contributed by atoms with van der Waals surface area (Å²) < 4.78 is 40.3. The molecule has 9 heteroatoms. The third-order valence-corrected chi connectivity index (χ3v) is 4.45. The van der Waals surface area contributed by atoms with Crippen LogP contribution in [-0.2, 0) is 28.9 Å². The third kappa shape index (κ3) is 4.97. The zero-order chi connectivity index (χ0) is 21.9. The first-order chi connectivity index (χ1) is 14.1. The molecule has 158 valence electrons. The molecule has 6 nitrogen and oxygen atoms in total. The second-order valence-corrected chi connectivity index (χ2v) is 7.10. The highest BCUT2D eigenvalue weighted by Crippen LogP contribution is 2.30. The Balaban J connectivity index is 1.81. The van der Waals surface area contributed by atoms with Crippen LogP contribution in [0.5, 0.6) is 0 Å². The highest BCUT2D eigenvalue weighted by Gasteiger charge is 2.30. The van der Waals surface area contributed by atoms with Gasteiger partial charge in [-0.15, -0.1) is 0 Å². The smallest absolute Gasteiger partial charge is 0.349 e. The Labute approximate surface area is 171 Å². The number of fused-ring (bicyclic) bond motifs is 1. The van der Waals surface area contributed by atoms with E-state index < -0.39 is 17.6 Å². The average Bonchev–Trinajstić information content (AvgIpc) is 3.03. The van der Waals surface area contributed by atoms with Crippen LogP contribution < -0.4 is 10.6 Å². The number of aromatic nitrogens is 2. The van der Waals surface area contributed by atoms with Gasteiger partial charge in [-0.1, -0.05) is 32.0 Å². The number of anilines is 1. The van der Waals surface area contributed by atoms with E-state index in [0.717, 1.165) is 12.1 Å². The molecule has 0 saturated carbocycles. The van der Waals surface area contributed by atoms with Gasteiger partial charge in [0.1, 0.15) is 12.4 Å². The molecule has 3 rings (SSSR count). The van der Waals surface area contributed by atoms with E-state index in [2.05, 4.69) is 15.6 Å². The van der Waals surface area contributed by atoms with Gasteiger partial charge in [0.05, 0.1) is 23.1 Å². The fourth-order valence-electron chi connectivity index (χ4n) is 2.92. The molecule has 2 N–H and O–H groups in total. The molecule has 0 saturated heterocycles. The monoisotopic (exact) mass is 418 g/mol. The predicted molar refractivity (Wildman–Crippen MR) is 106 cm³/mol. The first-order valence-corrected chi connectivity index (χ1v) is 9.34. The Hall–Kier alpha value is -3.36. The van der Waals surface area contributed by atoms with Gasteiger partial charge >= 0.3 is 6.18 Å². The number of benzene rings is 2. The van der Waals surface area contributed by atoms with E-state index in [-0.39, 0.29) is 30.6 Å². The Bertz CT molecular complexity index is 1070. The number of hydrogen-bond donors (Lipinski definition) is 2. The summed E-state index contributed by atoms with van der Waals surface area (Å²) in [5.74, 6) is -0.382. The molecule has 3 aromatic rings. The topological polar surface area (TPSA) is 76.0 Å². The molecular formula is C21H21F3N4O2. The molecule has 1 aromatic heterocycles. The molecule has 0 fully saturated rings. The van der Waals surface area contributed by atoms with Crippen LogP contribution in [0.25, 0.3) is 11.0 Å². The van der Waals surface area contributed by atoms with Gasteiger partial charge in [-0.05, 0) is 30.3 Å². The minimum atomic E-state index is -4.50. The molecular weight excluding hydrogens is 397 g/mol. The van der Waals surface area contributed by atoms with E-state index >= 15 is 0 Å². The van der Waals surface area contributed by atoms with Crippen molar-refractivity contribution in [3.8, 4) is 0 Å². The van der Waals surface area contributed by atoms with E-state index in [1.54, 1.807) is 42.7 Å². The number of amides is 2. The van der Waals surface area contributed by atoms with E-state index in [4.69, 9.17) is 0 Å². The second kappa shape index (κ2) is 8.56. The van der Waals surface area contributed by atoms with Crippen LogP contribution >= 0.6 is 0 Å². The van der Waals surface area contributed by atoms with Gasteiger partial charge in [-0.2, -0.15) is 13.2 Å². The van der Waals surface area contributed by atoms with Crippen molar-refractivity contribution in [1.29, 1.82) is 0 Å². The number of para-hydroxylation sites is 2. The maximum atomic E-state index is 12.9. The number of alkyl halides is 3. The maximum Gasteiger partial charge on any atom is 0.416 e. The van der Waals surface area contributed by atoms with Crippen LogP contribution in [0.15, 0.2) is 48.5 Å². The number of imidazole rings is 1. The predicted octanol–water partition coefficient (Wildman–Crippen LogP) is 3.97. The van der Waals surface area contributed by atoms with Crippen molar-refractivity contribution in [2.24, 2.45) is 5.92 Å². The summed E-state index contributed by atoms with van der Waals surface area (Å²) in [6, 6.07) is 11.6. The zero-order valence-corrected chi connectivity index (χ0v) is 16.5. The van der Waals surface area contributed by atoms with Gasteiger partial charge in [0.25, 0.3) is 0 Å². The Kier molecular flexibility index (Phi) is 6.09. The number of halogens is 3. The quantitative estimate of drug-likeness (QED) is 0.636. The maximum absolute atomic E-state index is 12.9. The van der Waals surface area contributed by atoms with Crippen LogP contribution in [0, 0.1) is 5.92 Å². The van der Waals surface area contributed by atoms with Gasteiger partial charge in [-0.3, -0.25) is 9.59 Å². The minimum Gasteiger partial charge on any atom is -0.349 e. The number of carbonyl (C=O) groups excluding carboxylic acids is 2. The van der Waals surface area contributed by atoms with Gasteiger partial charge in [0.15, 0.2) is 0 Å². The summed E-state index contributed by atoms with van der Waals surface area (Å²) in [4.78, 5) is 28.9. The van der Waals surface area contributed by atoms with E-state index in [1.165, 1.54) is 12.1 Å². The van der Waals surface area contributed by atoms with Crippen LogP contribution in [0.1, 0.15) is 25.2 Å². The fourth-order valence-corrected chi connectivity index (χ4v) is 2.92. The molecule has 0 radical (unpaired) electrons. The van der Waals surface area contributed by atoms with Crippen molar-refractivity contribution < 1.29 is 22.8 Å². The molecule has 0 atom stereocenters. The summed E-state index contributed by atoms with van der Waals surface area (Å²) in [7, 11) is 0. The van der Waals surface area contributed by atoms with Crippen LogP contribution in [0.3, 0.4) is 0 Å². The van der Waals surface area contributed by atoms with Crippen molar-refractivity contribution >= 4 is 28.5 Å². The Morgan fingerprint density at radius 1 is 1.10 bits per heavy atom. The standard InChI is InChI=1S/C21H21F3N4O2/c1-13(2)20(30)25-11-18-27-16-8-3-4-9-17(16)28(18)12-19(29)26-15-7-5-6-14(10-15)21(22,23)24/h3-10,13H,11-12H2,1-2H3,(H,25,30)(H,26,29). The lowest BCUT2D eigenvalue weighted by atomic mass is 10.2. The molecule has 0 aliphatic heterocycles. The SMILES string of the molecule is CC(C)C(=O)NCc1nc2ccccc2n1CC(=O)Nc1cccc(C(F)(F)F)c1. The van der Waals surface area contributed by atoms with E-state index in [1.807, 2.05) is 0 Å². The lowest BCUT2D eigenvalue weighted by Crippen LogP contribution is -2.29. The molecule has 2 amide bonds. The summed E-state index contributed by atoms with van der Waals surface area (Å²) in [5.41, 5.74) is 0.544. The van der Waals surface area contributed by atoms with Crippen molar-refractivity contribution in [2.75, 3.05) is 5.32 Å². The normalized spacial score (nSPS) is 11.7. The largest absolute Gasteiger partial charge is 0.416 e. The van der Waals surface area contributed by atoms with E-state index in [9.17, 15) is 22.8 Å². The summed E-state index contributed by atoms with van der Waals surface area (Å²) in [6.45, 7) is 3.49. The first kappa shape index (κ1) is 21.4. The number of rotatable bonds is 6. The zero-order valence-electron chi connectivity index (χ0n) is 16.5. The van der Waals surface area contributed by atoms with Gasteiger partial charge in [0, 0.05) is 11.6 Å². The average molecular weight is 418 g/mol. The number of hydrogen-bond acceptors (Lipinski definition) is 3. The van der Waals surface area contributed by atoms with Crippen molar-refractivity contribution in [1.82, 2.24) is 14.9 Å².